The first kappa shape index (κ1) is 50.8. The number of carbonyl (C=O) groups excluding carboxylic acids is 2. The predicted molar refractivity (Wildman–Crippen MR) is 269 cm³/mol. The third-order valence-corrected chi connectivity index (χ3v) is 12.3. The summed E-state index contributed by atoms with van der Waals surface area (Å²) in [7, 11) is 9.45. The number of pyridine rings is 2. The normalized spacial score (nSPS) is 13.6. The third-order valence-electron chi connectivity index (χ3n) is 12.3. The molecule has 2 aromatic carbocycles. The van der Waals surface area contributed by atoms with Crippen LogP contribution in [0.15, 0.2) is 90.7 Å². The Balaban J connectivity index is 0.000000192. The first-order valence-electron chi connectivity index (χ1n) is 23.1. The van der Waals surface area contributed by atoms with Gasteiger partial charge in [0.2, 0.25) is 11.8 Å². The van der Waals surface area contributed by atoms with Gasteiger partial charge in [0.15, 0.2) is 34.4 Å². The molecule has 2 amide bonds. The highest BCUT2D eigenvalue weighted by molar-refractivity contribution is 5.80. The SMILES string of the molecule is C.COc1cc(N=c2ccc3ncc(-c4cnn(C)c4)nc3n2CCN2CCCC2=O)c(F)c(OC)c1.COc1cc(OC)c(F)c(N(CCN2CCCC2=O)c2ccc3ncc(-c4cnn(C)c4)nc3n2)c1. The summed E-state index contributed by atoms with van der Waals surface area (Å²) in [6.07, 6.45) is 13.2. The standard InChI is InChI=1S/2C25H26FN7O3.CH4/c1-31-15-16(13-28-31)19-14-27-18-6-7-22(30-25(18)29-19)33(10-9-32-8-4-5-23(32)34)20-11-17(35-2)12-21(36-3)24(20)26;1-31-15-16(13-28-31)20-14-27-18-6-7-22(29-19-11-17(35-2)12-21(36-3)24(19)26)33(25(18)30-20)10-9-32-8-4-5-23(32)34;/h2*6-7,11-15H,4-5,8-10H2,1-3H3;1H4. The number of fused-ring (bicyclic) bond motifs is 2. The number of carbonyl (C=O) groups is 2. The lowest BCUT2D eigenvalue weighted by atomic mass is 10.2. The van der Waals surface area contributed by atoms with E-state index in [1.807, 2.05) is 36.0 Å². The van der Waals surface area contributed by atoms with E-state index in [2.05, 4.69) is 30.1 Å². The minimum atomic E-state index is -0.602. The molecule has 0 radical (unpaired) electrons. The van der Waals surface area contributed by atoms with Gasteiger partial charge in [0.25, 0.3) is 0 Å². The van der Waals surface area contributed by atoms with Gasteiger partial charge in [-0.3, -0.25) is 28.9 Å². The minimum Gasteiger partial charge on any atom is -0.497 e. The van der Waals surface area contributed by atoms with Gasteiger partial charge in [0.05, 0.1) is 70.3 Å². The van der Waals surface area contributed by atoms with Crippen LogP contribution in [0.1, 0.15) is 33.1 Å². The molecular weight excluding hydrogens is 943 g/mol. The lowest BCUT2D eigenvalue weighted by molar-refractivity contribution is -0.128. The molecule has 2 aliphatic rings. The number of hydrogen-bond acceptors (Lipinski definition) is 15. The Morgan fingerprint density at radius 3 is 1.84 bits per heavy atom. The average molecular weight is 999 g/mol. The summed E-state index contributed by atoms with van der Waals surface area (Å²) in [5, 5.41) is 8.41. The number of halogens is 2. The van der Waals surface area contributed by atoms with Gasteiger partial charge in [-0.05, 0) is 37.1 Å². The highest BCUT2D eigenvalue weighted by Crippen LogP contribution is 2.37. The van der Waals surface area contributed by atoms with Crippen LogP contribution in [0, 0.1) is 11.6 Å². The molecule has 10 rings (SSSR count). The van der Waals surface area contributed by atoms with Crippen LogP contribution in [0.25, 0.3) is 44.8 Å². The van der Waals surface area contributed by atoms with E-state index in [0.29, 0.717) is 109 Å². The van der Waals surface area contributed by atoms with Gasteiger partial charge in [0, 0.05) is 114 Å². The monoisotopic (exact) mass is 998 g/mol. The van der Waals surface area contributed by atoms with E-state index in [4.69, 9.17) is 28.9 Å². The van der Waals surface area contributed by atoms with Crippen LogP contribution >= 0.6 is 0 Å². The smallest absolute Gasteiger partial charge is 0.222 e. The molecule has 0 saturated carbocycles. The van der Waals surface area contributed by atoms with Crippen molar-refractivity contribution in [2.24, 2.45) is 19.1 Å². The summed E-state index contributed by atoms with van der Waals surface area (Å²) in [6.45, 7) is 3.02. The van der Waals surface area contributed by atoms with Crippen molar-refractivity contribution in [3.8, 4) is 45.5 Å². The van der Waals surface area contributed by atoms with Crippen molar-refractivity contribution in [2.75, 3.05) is 66.1 Å². The third kappa shape index (κ3) is 11.0. The maximum absolute atomic E-state index is 15.5. The van der Waals surface area contributed by atoms with Crippen LogP contribution in [0.2, 0.25) is 0 Å². The summed E-state index contributed by atoms with van der Waals surface area (Å²) in [5.41, 5.74) is 5.88. The molecule has 380 valence electrons. The number of aromatic nitrogens is 10. The lowest BCUT2D eigenvalue weighted by Gasteiger charge is -2.28. The Morgan fingerprint density at radius 1 is 0.658 bits per heavy atom. The van der Waals surface area contributed by atoms with Crippen LogP contribution in [0.3, 0.4) is 0 Å². The van der Waals surface area contributed by atoms with Crippen LogP contribution < -0.4 is 29.3 Å². The highest BCUT2D eigenvalue weighted by atomic mass is 19.1. The Labute approximate surface area is 419 Å². The van der Waals surface area contributed by atoms with E-state index >= 15 is 8.78 Å². The molecular formula is C51H56F2N14O6. The van der Waals surface area contributed by atoms with Gasteiger partial charge in [-0.1, -0.05) is 7.43 Å². The minimum absolute atomic E-state index is 0. The molecule has 0 bridgehead atoms. The quantitative estimate of drug-likeness (QED) is 0.104. The van der Waals surface area contributed by atoms with Crippen molar-refractivity contribution in [3.63, 3.8) is 0 Å². The summed E-state index contributed by atoms with van der Waals surface area (Å²) in [5.74, 6) is 0.453. The van der Waals surface area contributed by atoms with Crippen LogP contribution in [-0.4, -0.2) is 132 Å². The summed E-state index contributed by atoms with van der Waals surface area (Å²) >= 11 is 0. The van der Waals surface area contributed by atoms with Crippen LogP contribution in [-0.2, 0) is 30.2 Å². The zero-order valence-electron chi connectivity index (χ0n) is 40.6. The van der Waals surface area contributed by atoms with Gasteiger partial charge in [-0.2, -0.15) is 10.2 Å². The molecule has 22 heteroatoms. The number of likely N-dealkylation sites (tertiary alicyclic amines) is 2. The molecule has 2 fully saturated rings. The fraction of sp³-hybridized carbons (Fsp3) is 0.333. The molecule has 0 N–H and O–H groups in total. The van der Waals surface area contributed by atoms with Crippen molar-refractivity contribution < 1.29 is 37.3 Å². The van der Waals surface area contributed by atoms with Crippen molar-refractivity contribution in [1.82, 2.24) is 58.8 Å². The number of rotatable bonds is 15. The topological polar surface area (TPSA) is 198 Å². The van der Waals surface area contributed by atoms with Gasteiger partial charge >= 0.3 is 0 Å². The molecule has 2 saturated heterocycles. The zero-order chi connectivity index (χ0) is 50.5. The lowest BCUT2D eigenvalue weighted by Crippen LogP contribution is -2.34. The second-order valence-corrected chi connectivity index (χ2v) is 16.9. The van der Waals surface area contributed by atoms with Crippen molar-refractivity contribution in [1.29, 1.82) is 0 Å². The molecule has 8 heterocycles. The number of benzene rings is 2. The van der Waals surface area contributed by atoms with Gasteiger partial charge in [-0.25, -0.2) is 28.7 Å². The van der Waals surface area contributed by atoms with E-state index in [1.54, 1.807) is 74.3 Å². The van der Waals surface area contributed by atoms with Gasteiger partial charge < -0.3 is 38.2 Å². The average Bonchev–Trinajstić information content (AvgIpc) is 4.23. The molecule has 20 nitrogen and oxygen atoms in total. The maximum Gasteiger partial charge on any atom is 0.222 e. The maximum atomic E-state index is 15.5. The Hall–Kier alpha value is -8.56. The van der Waals surface area contributed by atoms with Crippen LogP contribution in [0.4, 0.5) is 26.0 Å². The first-order chi connectivity index (χ1) is 34.9. The van der Waals surface area contributed by atoms with Gasteiger partial charge in [0.1, 0.15) is 39.5 Å². The molecule has 0 unspecified atom stereocenters. The van der Waals surface area contributed by atoms with Crippen LogP contribution in [0.5, 0.6) is 23.0 Å². The van der Waals surface area contributed by atoms with E-state index in [0.717, 1.165) is 24.0 Å². The molecule has 0 spiro atoms. The Morgan fingerprint density at radius 2 is 1.25 bits per heavy atom. The van der Waals surface area contributed by atoms with E-state index in [-0.39, 0.29) is 42.1 Å². The summed E-state index contributed by atoms with van der Waals surface area (Å²) < 4.78 is 57.0. The fourth-order valence-electron chi connectivity index (χ4n) is 8.53. The first-order valence-corrected chi connectivity index (χ1v) is 23.1. The molecule has 73 heavy (non-hydrogen) atoms. The largest absolute Gasteiger partial charge is 0.497 e. The van der Waals surface area contributed by atoms with E-state index < -0.39 is 11.6 Å². The number of nitrogens with zero attached hydrogens (tertiary/aromatic N) is 14. The van der Waals surface area contributed by atoms with E-state index in [1.165, 1.54) is 46.6 Å². The Bertz CT molecular complexity index is 3380. The predicted octanol–water partition coefficient (Wildman–Crippen LogP) is 6.82. The number of ether oxygens (including phenoxy) is 4. The number of hydrogen-bond donors (Lipinski definition) is 0. The second kappa shape index (κ2) is 22.2. The fourth-order valence-corrected chi connectivity index (χ4v) is 8.53. The number of aryl methyl sites for hydroxylation is 2. The second-order valence-electron chi connectivity index (χ2n) is 16.9. The van der Waals surface area contributed by atoms with Crippen molar-refractivity contribution in [3.05, 3.63) is 103 Å². The highest BCUT2D eigenvalue weighted by Gasteiger charge is 2.26. The summed E-state index contributed by atoms with van der Waals surface area (Å²) in [4.78, 5) is 57.7. The van der Waals surface area contributed by atoms with Gasteiger partial charge in [-0.15, -0.1) is 0 Å². The number of methoxy groups -OCH3 is 4. The Kier molecular flexibility index (Phi) is 15.5. The van der Waals surface area contributed by atoms with E-state index in [9.17, 15) is 9.59 Å². The molecule has 8 aromatic rings. The number of anilines is 2. The molecule has 6 aromatic heterocycles. The molecule has 0 aliphatic carbocycles. The van der Waals surface area contributed by atoms with Crippen molar-refractivity contribution >= 4 is 51.3 Å². The molecule has 2 aliphatic heterocycles. The number of amides is 2. The summed E-state index contributed by atoms with van der Waals surface area (Å²) in [6, 6.07) is 13.2. The molecule has 0 atom stereocenters. The van der Waals surface area contributed by atoms with Crippen molar-refractivity contribution in [2.45, 2.75) is 39.7 Å². The zero-order valence-corrected chi connectivity index (χ0v) is 40.6.